The topological polar surface area (TPSA) is 65.6 Å². The number of fused-ring (bicyclic) bond motifs is 1. The van der Waals surface area contributed by atoms with Gasteiger partial charge in [0.15, 0.2) is 0 Å². The second-order valence-corrected chi connectivity index (χ2v) is 3.72. The minimum absolute atomic E-state index is 0.229. The Morgan fingerprint density at radius 1 is 1.31 bits per heavy atom. The van der Waals surface area contributed by atoms with Gasteiger partial charge in [0, 0.05) is 11.9 Å². The first-order valence-corrected chi connectivity index (χ1v) is 5.26. The zero-order valence-corrected chi connectivity index (χ0v) is 8.89. The first-order valence-electron chi connectivity index (χ1n) is 5.26. The Bertz CT molecular complexity index is 419. The maximum Gasteiger partial charge on any atom is 0.134 e. The summed E-state index contributed by atoms with van der Waals surface area (Å²) in [6.45, 7) is 0.673. The summed E-state index contributed by atoms with van der Waals surface area (Å²) >= 11 is 0. The molecule has 1 heterocycles. The van der Waals surface area contributed by atoms with Crippen LogP contribution in [-0.2, 0) is 6.54 Å². The number of nitrogens with one attached hydrogen (secondary N) is 1. The molecule has 3 N–H and O–H groups in total. The molecule has 4 heteroatoms. The minimum atomic E-state index is -0.718. The lowest BCUT2D eigenvalue weighted by molar-refractivity contribution is 0.0938. The molecule has 0 fully saturated rings. The van der Waals surface area contributed by atoms with Gasteiger partial charge < -0.3 is 19.9 Å². The van der Waals surface area contributed by atoms with Crippen LogP contribution in [0.5, 0.6) is 0 Å². The van der Waals surface area contributed by atoms with E-state index < -0.39 is 6.10 Å². The van der Waals surface area contributed by atoms with Crippen LogP contribution in [0.25, 0.3) is 11.0 Å². The summed E-state index contributed by atoms with van der Waals surface area (Å²) in [7, 11) is 0. The summed E-state index contributed by atoms with van der Waals surface area (Å²) in [5.41, 5.74) is 0.863. The normalized spacial score (nSPS) is 13.1. The number of hydrogen-bond donors (Lipinski definition) is 3. The zero-order valence-electron chi connectivity index (χ0n) is 8.89. The molecule has 2 aromatic rings. The average Bonchev–Trinajstić information content (AvgIpc) is 2.71. The highest BCUT2D eigenvalue weighted by molar-refractivity contribution is 5.77. The molecular formula is C12H15NO3. The summed E-state index contributed by atoms with van der Waals surface area (Å²) in [6.07, 6.45) is -0.718. The number of benzene rings is 1. The van der Waals surface area contributed by atoms with E-state index in [0.717, 1.165) is 16.7 Å². The van der Waals surface area contributed by atoms with Gasteiger partial charge in [-0.15, -0.1) is 0 Å². The molecule has 0 saturated carbocycles. The van der Waals surface area contributed by atoms with Gasteiger partial charge in [-0.05, 0) is 12.1 Å². The van der Waals surface area contributed by atoms with Crippen molar-refractivity contribution >= 4 is 11.0 Å². The van der Waals surface area contributed by atoms with E-state index in [-0.39, 0.29) is 6.61 Å². The Labute approximate surface area is 93.5 Å². The molecule has 1 atom stereocenters. The number of rotatable bonds is 5. The quantitative estimate of drug-likeness (QED) is 0.701. The van der Waals surface area contributed by atoms with Crippen molar-refractivity contribution in [1.82, 2.24) is 5.32 Å². The Hall–Kier alpha value is -1.36. The number of aliphatic hydroxyl groups excluding tert-OH is 2. The first kappa shape index (κ1) is 11.1. The molecule has 4 nitrogen and oxygen atoms in total. The fourth-order valence-electron chi connectivity index (χ4n) is 1.55. The summed E-state index contributed by atoms with van der Waals surface area (Å²) < 4.78 is 5.58. The second-order valence-electron chi connectivity index (χ2n) is 3.72. The predicted molar refractivity (Wildman–Crippen MR) is 61.0 cm³/mol. The van der Waals surface area contributed by atoms with Crippen LogP contribution in [0, 0.1) is 0 Å². The number of aliphatic hydroxyl groups is 2. The standard InChI is InChI=1S/C12H15NO3/c14-8-10(15)6-13-7-11-5-9-3-1-2-4-12(9)16-11/h1-5,10,13-15H,6-8H2. The van der Waals surface area contributed by atoms with E-state index in [1.54, 1.807) is 0 Å². The first-order chi connectivity index (χ1) is 7.79. The lowest BCUT2D eigenvalue weighted by Crippen LogP contribution is -2.28. The number of hydrogen-bond acceptors (Lipinski definition) is 4. The highest BCUT2D eigenvalue weighted by Gasteiger charge is 2.04. The zero-order chi connectivity index (χ0) is 11.4. The minimum Gasteiger partial charge on any atom is -0.460 e. The fourth-order valence-corrected chi connectivity index (χ4v) is 1.55. The van der Waals surface area contributed by atoms with Crippen LogP contribution in [0.2, 0.25) is 0 Å². The molecule has 0 radical (unpaired) electrons. The number of furan rings is 1. The molecule has 0 aliphatic carbocycles. The lowest BCUT2D eigenvalue weighted by atomic mass is 10.2. The fraction of sp³-hybridized carbons (Fsp3) is 0.333. The van der Waals surface area contributed by atoms with E-state index in [9.17, 15) is 0 Å². The van der Waals surface area contributed by atoms with Gasteiger partial charge >= 0.3 is 0 Å². The van der Waals surface area contributed by atoms with Crippen LogP contribution in [0.15, 0.2) is 34.7 Å². The van der Waals surface area contributed by atoms with Gasteiger partial charge in [-0.25, -0.2) is 0 Å². The van der Waals surface area contributed by atoms with Crippen molar-refractivity contribution in [2.24, 2.45) is 0 Å². The van der Waals surface area contributed by atoms with E-state index in [0.29, 0.717) is 13.1 Å². The smallest absolute Gasteiger partial charge is 0.134 e. The van der Waals surface area contributed by atoms with E-state index in [1.165, 1.54) is 0 Å². The maximum atomic E-state index is 9.13. The molecule has 0 amide bonds. The van der Waals surface area contributed by atoms with Gasteiger partial charge in [0.1, 0.15) is 11.3 Å². The number of para-hydroxylation sites is 1. The third-order valence-electron chi connectivity index (χ3n) is 2.37. The van der Waals surface area contributed by atoms with Gasteiger partial charge in [0.25, 0.3) is 0 Å². The SMILES string of the molecule is OCC(O)CNCc1cc2ccccc2o1. The van der Waals surface area contributed by atoms with Gasteiger partial charge in [-0.3, -0.25) is 0 Å². The maximum absolute atomic E-state index is 9.13. The van der Waals surface area contributed by atoms with Crippen molar-refractivity contribution in [2.75, 3.05) is 13.2 Å². The van der Waals surface area contributed by atoms with Crippen LogP contribution in [-0.4, -0.2) is 29.5 Å². The van der Waals surface area contributed by atoms with Gasteiger partial charge in [-0.1, -0.05) is 18.2 Å². The molecule has 1 aromatic heterocycles. The van der Waals surface area contributed by atoms with Crippen molar-refractivity contribution in [3.63, 3.8) is 0 Å². The summed E-state index contributed by atoms with van der Waals surface area (Å²) in [4.78, 5) is 0. The highest BCUT2D eigenvalue weighted by atomic mass is 16.3. The Balaban J connectivity index is 1.94. The van der Waals surface area contributed by atoms with Crippen LogP contribution >= 0.6 is 0 Å². The third-order valence-corrected chi connectivity index (χ3v) is 2.37. The molecule has 0 spiro atoms. The molecule has 86 valence electrons. The van der Waals surface area contributed by atoms with Crippen LogP contribution in [0.4, 0.5) is 0 Å². The molecule has 1 unspecified atom stereocenters. The lowest BCUT2D eigenvalue weighted by Gasteiger charge is -2.06. The summed E-state index contributed by atoms with van der Waals surface area (Å²) in [5.74, 6) is 0.825. The van der Waals surface area contributed by atoms with Gasteiger partial charge in [0.05, 0.1) is 19.3 Å². The largest absolute Gasteiger partial charge is 0.460 e. The highest BCUT2D eigenvalue weighted by Crippen LogP contribution is 2.18. The molecule has 0 aliphatic heterocycles. The Morgan fingerprint density at radius 2 is 2.12 bits per heavy atom. The average molecular weight is 221 g/mol. The van der Waals surface area contributed by atoms with Gasteiger partial charge in [0.2, 0.25) is 0 Å². The molecular weight excluding hydrogens is 206 g/mol. The van der Waals surface area contributed by atoms with Crippen LogP contribution in [0.1, 0.15) is 5.76 Å². The summed E-state index contributed by atoms with van der Waals surface area (Å²) in [6, 6.07) is 9.77. The Morgan fingerprint density at radius 3 is 2.88 bits per heavy atom. The van der Waals surface area contributed by atoms with Crippen molar-refractivity contribution in [2.45, 2.75) is 12.6 Å². The molecule has 16 heavy (non-hydrogen) atoms. The monoisotopic (exact) mass is 221 g/mol. The van der Waals surface area contributed by atoms with E-state index in [1.807, 2.05) is 30.3 Å². The molecule has 0 aliphatic rings. The van der Waals surface area contributed by atoms with Crippen molar-refractivity contribution < 1.29 is 14.6 Å². The van der Waals surface area contributed by atoms with Crippen LogP contribution < -0.4 is 5.32 Å². The van der Waals surface area contributed by atoms with E-state index >= 15 is 0 Å². The van der Waals surface area contributed by atoms with Gasteiger partial charge in [-0.2, -0.15) is 0 Å². The van der Waals surface area contributed by atoms with Crippen molar-refractivity contribution in [3.05, 3.63) is 36.1 Å². The molecule has 0 bridgehead atoms. The van der Waals surface area contributed by atoms with Crippen LogP contribution in [0.3, 0.4) is 0 Å². The molecule has 1 aromatic carbocycles. The van der Waals surface area contributed by atoms with Crippen molar-refractivity contribution in [1.29, 1.82) is 0 Å². The second kappa shape index (κ2) is 5.12. The predicted octanol–water partition coefficient (Wildman–Crippen LogP) is 0.876. The molecule has 2 rings (SSSR count). The summed E-state index contributed by atoms with van der Waals surface area (Å²) in [5, 5.41) is 21.8. The van der Waals surface area contributed by atoms with E-state index in [4.69, 9.17) is 14.6 Å². The third kappa shape index (κ3) is 2.61. The van der Waals surface area contributed by atoms with E-state index in [2.05, 4.69) is 5.32 Å². The Kier molecular flexibility index (Phi) is 3.56. The molecule has 0 saturated heterocycles. The van der Waals surface area contributed by atoms with Crippen molar-refractivity contribution in [3.8, 4) is 0 Å².